The predicted octanol–water partition coefficient (Wildman–Crippen LogP) is 2.43. The van der Waals surface area contributed by atoms with Crippen molar-refractivity contribution in [1.29, 1.82) is 0 Å². The highest BCUT2D eigenvalue weighted by Gasteiger charge is 2.30. The first-order valence-corrected chi connectivity index (χ1v) is 14.5. The number of benzene rings is 2. The number of likely N-dealkylation sites (tertiary alicyclic amines) is 1. The summed E-state index contributed by atoms with van der Waals surface area (Å²) >= 11 is 0. The van der Waals surface area contributed by atoms with Crippen LogP contribution in [0.15, 0.2) is 49.1 Å². The number of rotatable bonds is 8. The van der Waals surface area contributed by atoms with Gasteiger partial charge in [0, 0.05) is 74.4 Å². The standard InChI is InChI=1S/C31H38N6O4/c1-2-29(40)35-11-13-36(14-12-35)30-26-8-10-37(28-18-24(39)17-23-5-3-4-6-25(23)28)20-27(26)32-31(33-30)41-21-22-7-9-34(19-22)15-16-38/h2-6,17-18,22,38-39H,1,7-16,19-21H2. The van der Waals surface area contributed by atoms with Crippen LogP contribution in [0.1, 0.15) is 17.7 Å². The van der Waals surface area contributed by atoms with E-state index in [1.54, 1.807) is 6.07 Å². The highest BCUT2D eigenvalue weighted by atomic mass is 16.5. The quantitative estimate of drug-likeness (QED) is 0.403. The van der Waals surface area contributed by atoms with Crippen LogP contribution < -0.4 is 14.5 Å². The van der Waals surface area contributed by atoms with E-state index < -0.39 is 0 Å². The fraction of sp³-hybridized carbons (Fsp3) is 0.452. The molecule has 2 fully saturated rings. The van der Waals surface area contributed by atoms with Gasteiger partial charge in [0.25, 0.3) is 0 Å². The number of ether oxygens (including phenoxy) is 1. The summed E-state index contributed by atoms with van der Waals surface area (Å²) in [7, 11) is 0. The lowest BCUT2D eigenvalue weighted by atomic mass is 10.0. The predicted molar refractivity (Wildman–Crippen MR) is 159 cm³/mol. The van der Waals surface area contributed by atoms with Crippen LogP contribution in [0, 0.1) is 5.92 Å². The van der Waals surface area contributed by atoms with Crippen LogP contribution in [0.5, 0.6) is 11.8 Å². The van der Waals surface area contributed by atoms with Gasteiger partial charge in [-0.15, -0.1) is 0 Å². The number of hydrogen-bond acceptors (Lipinski definition) is 9. The number of β-amino-alcohol motifs (C(OH)–C–C–N with tert-alkyl or cyclic N) is 1. The molecule has 2 N–H and O–H groups in total. The zero-order valence-electron chi connectivity index (χ0n) is 23.4. The molecule has 0 spiro atoms. The van der Waals surface area contributed by atoms with Crippen molar-refractivity contribution in [2.75, 3.05) is 75.4 Å². The number of phenols is 1. The Morgan fingerprint density at radius 3 is 2.71 bits per heavy atom. The van der Waals surface area contributed by atoms with Crippen molar-refractivity contribution in [3.05, 3.63) is 60.3 Å². The maximum atomic E-state index is 12.2. The Labute approximate surface area is 240 Å². The molecular formula is C31H38N6O4. The van der Waals surface area contributed by atoms with E-state index in [-0.39, 0.29) is 18.3 Å². The van der Waals surface area contributed by atoms with E-state index in [9.17, 15) is 15.0 Å². The minimum Gasteiger partial charge on any atom is -0.508 e. The number of carbonyl (C=O) groups is 1. The van der Waals surface area contributed by atoms with Crippen molar-refractivity contribution in [3.63, 3.8) is 0 Å². The van der Waals surface area contributed by atoms with Gasteiger partial charge >= 0.3 is 6.01 Å². The van der Waals surface area contributed by atoms with Gasteiger partial charge in [-0.1, -0.05) is 30.8 Å². The second-order valence-corrected chi connectivity index (χ2v) is 11.1. The second kappa shape index (κ2) is 11.9. The average Bonchev–Trinajstić information content (AvgIpc) is 3.46. The number of aromatic nitrogens is 2. The van der Waals surface area contributed by atoms with E-state index >= 15 is 0 Å². The molecule has 1 atom stereocenters. The van der Waals surface area contributed by atoms with Crippen LogP contribution >= 0.6 is 0 Å². The molecule has 6 rings (SSSR count). The maximum absolute atomic E-state index is 12.2. The highest BCUT2D eigenvalue weighted by Crippen LogP contribution is 2.36. The molecule has 216 valence electrons. The summed E-state index contributed by atoms with van der Waals surface area (Å²) in [5.74, 6) is 1.47. The first-order valence-electron chi connectivity index (χ1n) is 14.5. The van der Waals surface area contributed by atoms with Crippen molar-refractivity contribution in [1.82, 2.24) is 19.8 Å². The molecule has 0 bridgehead atoms. The molecule has 10 nitrogen and oxygen atoms in total. The number of aromatic hydroxyl groups is 1. The minimum absolute atomic E-state index is 0.0424. The number of aliphatic hydroxyl groups excluding tert-OH is 1. The minimum atomic E-state index is -0.0424. The summed E-state index contributed by atoms with van der Waals surface area (Å²) < 4.78 is 6.25. The SMILES string of the molecule is C=CC(=O)N1CCN(c2nc(OCC3CCN(CCO)C3)nc3c2CCN(c2cc(O)cc4ccccc24)C3)CC1. The van der Waals surface area contributed by atoms with E-state index in [0.717, 1.165) is 66.0 Å². The Bertz CT molecular complexity index is 1420. The van der Waals surface area contributed by atoms with Gasteiger partial charge < -0.3 is 34.5 Å². The summed E-state index contributed by atoms with van der Waals surface area (Å²) in [6, 6.07) is 12.1. The summed E-state index contributed by atoms with van der Waals surface area (Å²) in [4.78, 5) is 30.6. The van der Waals surface area contributed by atoms with E-state index in [1.807, 2.05) is 29.2 Å². The number of carbonyl (C=O) groups excluding carboxylic acids is 1. The molecule has 3 aliphatic heterocycles. The Morgan fingerprint density at radius 2 is 1.90 bits per heavy atom. The summed E-state index contributed by atoms with van der Waals surface area (Å²) in [5.41, 5.74) is 3.04. The number of hydrogen-bond donors (Lipinski definition) is 2. The molecule has 0 saturated carbocycles. The van der Waals surface area contributed by atoms with Crippen molar-refractivity contribution < 1.29 is 19.7 Å². The number of phenolic OH excluding ortho intramolecular Hbond substituents is 1. The Kier molecular flexibility index (Phi) is 7.93. The average molecular weight is 559 g/mol. The third kappa shape index (κ3) is 5.80. The van der Waals surface area contributed by atoms with Gasteiger partial charge in [0.15, 0.2) is 0 Å². The van der Waals surface area contributed by atoms with Crippen LogP contribution in [-0.2, 0) is 17.8 Å². The van der Waals surface area contributed by atoms with Crippen LogP contribution in [0.3, 0.4) is 0 Å². The van der Waals surface area contributed by atoms with Gasteiger partial charge in [-0.25, -0.2) is 0 Å². The third-order valence-corrected chi connectivity index (χ3v) is 8.49. The molecule has 3 aliphatic rings. The molecule has 41 heavy (non-hydrogen) atoms. The van der Waals surface area contributed by atoms with Crippen molar-refractivity contribution in [2.24, 2.45) is 5.92 Å². The van der Waals surface area contributed by atoms with Gasteiger partial charge in [-0.2, -0.15) is 9.97 Å². The molecule has 2 aromatic carbocycles. The van der Waals surface area contributed by atoms with Gasteiger partial charge in [-0.05, 0) is 36.9 Å². The fourth-order valence-corrected chi connectivity index (χ4v) is 6.31. The smallest absolute Gasteiger partial charge is 0.318 e. The van der Waals surface area contributed by atoms with Gasteiger partial charge in [0.1, 0.15) is 11.6 Å². The van der Waals surface area contributed by atoms with E-state index in [1.165, 1.54) is 6.08 Å². The third-order valence-electron chi connectivity index (χ3n) is 8.49. The van der Waals surface area contributed by atoms with Crippen LogP contribution in [0.4, 0.5) is 11.5 Å². The molecule has 1 amide bonds. The first kappa shape index (κ1) is 27.3. The molecule has 1 unspecified atom stereocenters. The zero-order valence-corrected chi connectivity index (χ0v) is 23.4. The molecule has 3 aromatic rings. The van der Waals surface area contributed by atoms with Gasteiger partial charge in [0.2, 0.25) is 5.91 Å². The molecular weight excluding hydrogens is 520 g/mol. The Hall–Kier alpha value is -3.89. The fourth-order valence-electron chi connectivity index (χ4n) is 6.31. The van der Waals surface area contributed by atoms with Gasteiger partial charge in [0.05, 0.1) is 25.5 Å². The Morgan fingerprint density at radius 1 is 1.07 bits per heavy atom. The molecule has 4 heterocycles. The molecule has 10 heteroatoms. The van der Waals surface area contributed by atoms with Crippen LogP contribution in [-0.4, -0.2) is 101 Å². The number of anilines is 2. The topological polar surface area (TPSA) is 106 Å². The highest BCUT2D eigenvalue weighted by molar-refractivity contribution is 5.95. The van der Waals surface area contributed by atoms with E-state index in [2.05, 4.69) is 27.3 Å². The molecule has 2 saturated heterocycles. The number of nitrogens with zero attached hydrogens (tertiary/aromatic N) is 6. The largest absolute Gasteiger partial charge is 0.508 e. The lowest BCUT2D eigenvalue weighted by molar-refractivity contribution is -0.126. The lowest BCUT2D eigenvalue weighted by Gasteiger charge is -2.38. The van der Waals surface area contributed by atoms with Crippen molar-refractivity contribution >= 4 is 28.2 Å². The summed E-state index contributed by atoms with van der Waals surface area (Å²) in [5, 5.41) is 21.8. The number of piperazine rings is 1. The van der Waals surface area contributed by atoms with E-state index in [4.69, 9.17) is 14.7 Å². The lowest BCUT2D eigenvalue weighted by Crippen LogP contribution is -2.49. The molecule has 1 aromatic heterocycles. The second-order valence-electron chi connectivity index (χ2n) is 11.1. The Balaban J connectivity index is 1.27. The van der Waals surface area contributed by atoms with Crippen molar-refractivity contribution in [3.8, 4) is 11.8 Å². The monoisotopic (exact) mass is 558 g/mol. The van der Waals surface area contributed by atoms with Crippen LogP contribution in [0.2, 0.25) is 0 Å². The number of aliphatic hydroxyl groups is 1. The number of fused-ring (bicyclic) bond motifs is 2. The van der Waals surface area contributed by atoms with Crippen molar-refractivity contribution in [2.45, 2.75) is 19.4 Å². The molecule has 0 radical (unpaired) electrons. The number of amides is 1. The normalized spacial score (nSPS) is 19.4. The summed E-state index contributed by atoms with van der Waals surface area (Å²) in [6.07, 6.45) is 3.16. The summed E-state index contributed by atoms with van der Waals surface area (Å²) in [6.45, 7) is 10.8. The molecule has 0 aliphatic carbocycles. The first-order chi connectivity index (χ1) is 20.0. The van der Waals surface area contributed by atoms with E-state index in [0.29, 0.717) is 57.8 Å². The van der Waals surface area contributed by atoms with Gasteiger partial charge in [-0.3, -0.25) is 4.79 Å². The maximum Gasteiger partial charge on any atom is 0.318 e. The zero-order chi connectivity index (χ0) is 28.3. The van der Waals surface area contributed by atoms with Crippen LogP contribution in [0.25, 0.3) is 10.8 Å².